The Morgan fingerprint density at radius 2 is 1.31 bits per heavy atom. The maximum absolute atomic E-state index is 13.2. The molecule has 12 N–H and O–H groups in total. The minimum atomic E-state index is -1.46. The number of hydrogen-bond donors (Lipinski definition) is 10. The molecule has 0 saturated carbocycles. The first-order valence-electron chi connectivity index (χ1n) is 23.6. The summed E-state index contributed by atoms with van der Waals surface area (Å²) in [7, 11) is 0. The minimum Gasteiger partial charge on any atom is -0.481 e. The second-order valence-electron chi connectivity index (χ2n) is 16.0. The van der Waals surface area contributed by atoms with E-state index in [0.29, 0.717) is 26.4 Å². The summed E-state index contributed by atoms with van der Waals surface area (Å²) in [5.41, 5.74) is 11.0. The van der Waals surface area contributed by atoms with Crippen LogP contribution in [0.1, 0.15) is 39.5 Å². The summed E-state index contributed by atoms with van der Waals surface area (Å²) in [6.45, 7) is 4.39. The van der Waals surface area contributed by atoms with Crippen LogP contribution >= 0.6 is 0 Å². The lowest BCUT2D eigenvalue weighted by Crippen LogP contribution is -2.57. The molecule has 0 aromatic rings. The Kier molecular flexibility index (Phi) is 32.0. The molecule has 2 aliphatic rings. The molecule has 7 atom stereocenters. The summed E-state index contributed by atoms with van der Waals surface area (Å²) < 4.78 is 53.8. The number of aliphatic imine (C=N–C) groups is 1. The number of carboxylic acids is 2. The first-order chi connectivity index (χ1) is 35.4. The molecule has 2 heterocycles. The highest BCUT2D eigenvalue weighted by atomic mass is 16.6. The first kappa shape index (κ1) is 63.6. The molecule has 29 nitrogen and oxygen atoms in total. The van der Waals surface area contributed by atoms with Gasteiger partial charge in [0.1, 0.15) is 25.4 Å². The van der Waals surface area contributed by atoms with Crippen LogP contribution in [0.2, 0.25) is 0 Å². The average Bonchev–Trinajstić information content (AvgIpc) is 3.33. The number of aliphatic hydroxyl groups excluding tert-OH is 2. The largest absolute Gasteiger partial charge is 0.481 e. The number of ether oxygens (including phenoxy) is 10. The van der Waals surface area contributed by atoms with E-state index in [4.69, 9.17) is 65.3 Å². The van der Waals surface area contributed by atoms with Gasteiger partial charge in [0.25, 0.3) is 0 Å². The lowest BCUT2D eigenvalue weighted by molar-refractivity contribution is -0.142. The number of hydrogen-bond acceptors (Lipinski definition) is 20. The van der Waals surface area contributed by atoms with Crippen molar-refractivity contribution in [2.45, 2.75) is 82.1 Å². The molecule has 0 aliphatic carbocycles. The topological polar surface area (TPSA) is 408 Å². The average molecular weight is 1060 g/mol. The molecule has 74 heavy (non-hydrogen) atoms. The number of nitrogens with two attached hydrogens (primary N) is 2. The smallest absolute Gasteiger partial charge is 0.407 e. The number of rotatable bonds is 38. The molecule has 0 saturated heterocycles. The molecular weight excluding hydrogens is 989 g/mol. The summed E-state index contributed by atoms with van der Waals surface area (Å²) >= 11 is 0. The van der Waals surface area contributed by atoms with Crippen LogP contribution in [0.4, 0.5) is 9.59 Å². The molecule has 2 aliphatic heterocycles. The van der Waals surface area contributed by atoms with E-state index in [1.807, 2.05) is 0 Å². The third-order valence-electron chi connectivity index (χ3n) is 10.2. The summed E-state index contributed by atoms with van der Waals surface area (Å²) in [4.78, 5) is 89.9. The van der Waals surface area contributed by atoms with E-state index in [9.17, 15) is 54.0 Å². The van der Waals surface area contributed by atoms with Gasteiger partial charge in [0, 0.05) is 52.9 Å². The van der Waals surface area contributed by atoms with Crippen LogP contribution in [0.3, 0.4) is 0 Å². The highest BCUT2D eigenvalue weighted by Gasteiger charge is 2.41. The molecule has 0 aromatic carbocycles. The maximum atomic E-state index is 13.2. The summed E-state index contributed by atoms with van der Waals surface area (Å²) in [5.74, 6) is -2.85. The van der Waals surface area contributed by atoms with E-state index in [0.717, 1.165) is 6.08 Å². The number of nitrogens with one attached hydrogen (secondary N) is 4. The van der Waals surface area contributed by atoms with Gasteiger partial charge in [-0.05, 0) is 18.6 Å². The van der Waals surface area contributed by atoms with Crippen molar-refractivity contribution in [1.29, 1.82) is 0 Å². The van der Waals surface area contributed by atoms with E-state index >= 15 is 0 Å². The number of guanidine groups is 1. The lowest BCUT2D eigenvalue weighted by atomic mass is 9.93. The van der Waals surface area contributed by atoms with Gasteiger partial charge >= 0.3 is 24.1 Å². The molecule has 418 valence electrons. The van der Waals surface area contributed by atoms with Gasteiger partial charge in [-0.15, -0.1) is 6.42 Å². The highest BCUT2D eigenvalue weighted by molar-refractivity contribution is 5.85. The van der Waals surface area contributed by atoms with Gasteiger partial charge in [-0.2, -0.15) is 0 Å². The Bertz CT molecular complexity index is 1900. The fourth-order valence-electron chi connectivity index (χ4n) is 6.81. The Morgan fingerprint density at radius 3 is 1.86 bits per heavy atom. The number of carbonyl (C=O) groups excluding carboxylic acids is 5. The molecule has 0 spiro atoms. The zero-order valence-electron chi connectivity index (χ0n) is 41.6. The molecule has 0 radical (unpaired) electrons. The normalized spacial score (nSPS) is 18.8. The molecule has 5 amide bonds. The molecule has 0 fully saturated rings. The predicted molar refractivity (Wildman–Crippen MR) is 256 cm³/mol. The molecule has 0 unspecified atom stereocenters. The van der Waals surface area contributed by atoms with Crippen LogP contribution in [-0.4, -0.2) is 234 Å². The zero-order chi connectivity index (χ0) is 54.7. The van der Waals surface area contributed by atoms with Crippen LogP contribution in [0.15, 0.2) is 28.7 Å². The number of alkyl carbamates (subject to hydrolysis) is 2. The number of carboxylic acid groups (broad SMARTS) is 2. The SMILES string of the molecule is C#CCOCCOCCOCCOCCC(=O)N(CCOCCNC(=O)OCC[C@@H](O)[C@@H]1OC(C(=O)O)=C[C@H](N=C(N)N)[C@H]1NC(C)=O)CCOCCNC(=O)OC[C@@H](O)C[C@@H]1OC(C(=O)O)=CC[C@H]1NC(C)=O. The van der Waals surface area contributed by atoms with E-state index in [1.165, 1.54) is 24.8 Å². The van der Waals surface area contributed by atoms with E-state index in [1.54, 1.807) is 0 Å². The van der Waals surface area contributed by atoms with E-state index < -0.39 is 90.9 Å². The van der Waals surface area contributed by atoms with Crippen molar-refractivity contribution in [2.75, 3.05) is 119 Å². The molecule has 29 heteroatoms. The molecular formula is C45H72N8O21. The zero-order valence-corrected chi connectivity index (χ0v) is 41.6. The van der Waals surface area contributed by atoms with Gasteiger partial charge in [-0.3, -0.25) is 14.4 Å². The van der Waals surface area contributed by atoms with Crippen molar-refractivity contribution in [1.82, 2.24) is 26.2 Å². The number of aliphatic hydroxyl groups is 2. The fraction of sp³-hybridized carbons (Fsp3) is 0.689. The number of nitrogens with zero attached hydrogens (tertiary/aromatic N) is 2. The van der Waals surface area contributed by atoms with Crippen LogP contribution in [0.25, 0.3) is 0 Å². The second kappa shape index (κ2) is 37.2. The number of terminal acetylenes is 1. The summed E-state index contributed by atoms with van der Waals surface area (Å²) in [5, 5.41) is 50.3. The van der Waals surface area contributed by atoms with Gasteiger partial charge in [-0.25, -0.2) is 24.2 Å². The van der Waals surface area contributed by atoms with Crippen LogP contribution in [0, 0.1) is 12.3 Å². The molecule has 2 rings (SSSR count). The van der Waals surface area contributed by atoms with Crippen molar-refractivity contribution in [3.8, 4) is 12.3 Å². The molecule has 0 aromatic heterocycles. The van der Waals surface area contributed by atoms with Gasteiger partial charge in [0.05, 0.1) is 116 Å². The maximum Gasteiger partial charge on any atom is 0.407 e. The minimum absolute atomic E-state index is 0.00165. The highest BCUT2D eigenvalue weighted by Crippen LogP contribution is 2.25. The third-order valence-corrected chi connectivity index (χ3v) is 10.2. The van der Waals surface area contributed by atoms with Gasteiger partial charge in [-0.1, -0.05) is 5.92 Å². The number of aliphatic carboxylic acids is 2. The van der Waals surface area contributed by atoms with Crippen molar-refractivity contribution in [3.05, 3.63) is 23.7 Å². The Hall–Kier alpha value is -6.52. The first-order valence-corrected chi connectivity index (χ1v) is 23.6. The molecule has 0 bridgehead atoms. The van der Waals surface area contributed by atoms with Crippen molar-refractivity contribution in [3.63, 3.8) is 0 Å². The van der Waals surface area contributed by atoms with Crippen molar-refractivity contribution in [2.24, 2.45) is 16.5 Å². The number of carbonyl (C=O) groups is 7. The van der Waals surface area contributed by atoms with Crippen molar-refractivity contribution >= 4 is 47.8 Å². The van der Waals surface area contributed by atoms with E-state index in [-0.39, 0.29) is 129 Å². The number of amides is 5. The Balaban J connectivity index is 1.78. The Labute approximate surface area is 427 Å². The standard InChI is InChI=1S/C45H72N8O21/c1-4-13-65-20-22-69-24-25-70-23-21-66-14-8-38(58)53(12-19-68-17-10-49-45(64)72-28-31(56)26-36-32(50-29(2)54)5-6-35(73-36)41(59)60)11-18-67-16-9-48-44(63)71-15-7-34(57)40-39(51-30(3)55)33(52-43(46)47)27-37(74-40)42(61)62/h1,6,27,31-34,36,39-40,56-57H,5,7-26,28H2,2-3H3,(H,48,63)(H,49,64)(H,50,54)(H,51,55)(H,59,60)(H,61,62)(H4,46,47,52)/t31-,32+,33-,34+,36-,39+,40-/m0/s1. The van der Waals surface area contributed by atoms with E-state index in [2.05, 4.69) is 32.2 Å². The summed E-state index contributed by atoms with van der Waals surface area (Å²) in [6, 6.07) is -2.76. The van der Waals surface area contributed by atoms with Crippen LogP contribution in [-0.2, 0) is 71.3 Å². The Morgan fingerprint density at radius 1 is 0.757 bits per heavy atom. The van der Waals surface area contributed by atoms with Crippen molar-refractivity contribution < 1.29 is 101 Å². The lowest BCUT2D eigenvalue weighted by Gasteiger charge is -2.37. The third kappa shape index (κ3) is 28.1. The van der Waals surface area contributed by atoms with Gasteiger partial charge in [0.15, 0.2) is 5.96 Å². The van der Waals surface area contributed by atoms with Gasteiger partial charge < -0.3 is 105 Å². The fourth-order valence-corrected chi connectivity index (χ4v) is 6.81. The summed E-state index contributed by atoms with van der Waals surface area (Å²) in [6.07, 6.45) is 0.719. The van der Waals surface area contributed by atoms with Crippen LogP contribution < -0.4 is 32.7 Å². The predicted octanol–water partition coefficient (Wildman–Crippen LogP) is -3.33. The van der Waals surface area contributed by atoms with Gasteiger partial charge in [0.2, 0.25) is 29.2 Å². The second-order valence-corrected chi connectivity index (χ2v) is 16.0. The quantitative estimate of drug-likeness (QED) is 0.0125. The van der Waals surface area contributed by atoms with Crippen LogP contribution in [0.5, 0.6) is 0 Å². The monoisotopic (exact) mass is 1060 g/mol.